The Balaban J connectivity index is 1.88. The second kappa shape index (κ2) is 6.84. The lowest BCUT2D eigenvalue weighted by molar-refractivity contribution is -0.385. The van der Waals surface area contributed by atoms with Crippen LogP contribution in [0.4, 0.5) is 5.69 Å². The summed E-state index contributed by atoms with van der Waals surface area (Å²) in [4.78, 5) is 10.6. The lowest BCUT2D eigenvalue weighted by Gasteiger charge is -2.27. The van der Waals surface area contributed by atoms with Crippen LogP contribution in [0.2, 0.25) is 0 Å². The van der Waals surface area contributed by atoms with E-state index in [-0.39, 0.29) is 11.4 Å². The second-order valence-electron chi connectivity index (χ2n) is 6.08. The molecule has 1 heterocycles. The molecule has 2 N–H and O–H groups in total. The molecular weight excluding hydrogens is 320 g/mol. The van der Waals surface area contributed by atoms with Crippen LogP contribution in [0.5, 0.6) is 5.75 Å². The zero-order valence-electron chi connectivity index (χ0n) is 14.2. The van der Waals surface area contributed by atoms with Crippen molar-refractivity contribution >= 4 is 11.4 Å². The van der Waals surface area contributed by atoms with Crippen LogP contribution in [0, 0.1) is 17.0 Å². The van der Waals surface area contributed by atoms with Gasteiger partial charge in [-0.25, -0.2) is 0 Å². The maximum Gasteiger partial charge on any atom is 0.273 e. The number of nitrogens with zero attached hydrogens (tertiary/aromatic N) is 1. The molecule has 1 aliphatic heterocycles. The Morgan fingerprint density at radius 1 is 1.28 bits per heavy atom. The van der Waals surface area contributed by atoms with Crippen molar-refractivity contribution in [2.45, 2.75) is 26.4 Å². The first kappa shape index (κ1) is 16.8. The molecule has 6 heteroatoms. The summed E-state index contributed by atoms with van der Waals surface area (Å²) in [6, 6.07) is 12.9. The molecule has 0 saturated heterocycles. The minimum absolute atomic E-state index is 0.0199. The van der Waals surface area contributed by atoms with Crippen LogP contribution < -0.4 is 10.1 Å². The minimum atomic E-state index is -0.562. The Kier molecular flexibility index (Phi) is 4.61. The van der Waals surface area contributed by atoms with E-state index in [1.165, 1.54) is 17.7 Å². The van der Waals surface area contributed by atoms with Gasteiger partial charge in [-0.3, -0.25) is 10.1 Å². The number of hydrogen-bond donors (Lipinski definition) is 2. The van der Waals surface area contributed by atoms with E-state index in [0.717, 1.165) is 6.42 Å². The van der Waals surface area contributed by atoms with Gasteiger partial charge >= 0.3 is 0 Å². The van der Waals surface area contributed by atoms with Crippen molar-refractivity contribution in [1.29, 1.82) is 0 Å². The number of nitro groups is 1. The highest BCUT2D eigenvalue weighted by atomic mass is 16.6. The molecule has 2 aromatic rings. The molecule has 130 valence electrons. The molecule has 0 saturated carbocycles. The van der Waals surface area contributed by atoms with Crippen LogP contribution >= 0.6 is 0 Å². The van der Waals surface area contributed by atoms with Crippen molar-refractivity contribution in [1.82, 2.24) is 5.32 Å². The van der Waals surface area contributed by atoms with Gasteiger partial charge in [0.25, 0.3) is 5.69 Å². The second-order valence-corrected chi connectivity index (χ2v) is 6.08. The quantitative estimate of drug-likeness (QED) is 0.640. The van der Waals surface area contributed by atoms with Crippen LogP contribution in [0.15, 0.2) is 48.2 Å². The van der Waals surface area contributed by atoms with Gasteiger partial charge in [-0.05, 0) is 31.4 Å². The third-order valence-electron chi connectivity index (χ3n) is 4.25. The molecule has 1 atom stereocenters. The Morgan fingerprint density at radius 3 is 2.68 bits per heavy atom. The fourth-order valence-electron chi connectivity index (χ4n) is 2.99. The Morgan fingerprint density at radius 2 is 2.00 bits per heavy atom. The van der Waals surface area contributed by atoms with Crippen molar-refractivity contribution in [3.8, 4) is 5.75 Å². The zero-order chi connectivity index (χ0) is 18.0. The predicted octanol–water partition coefficient (Wildman–Crippen LogP) is 3.74. The average molecular weight is 340 g/mol. The van der Waals surface area contributed by atoms with Gasteiger partial charge in [0.1, 0.15) is 5.75 Å². The first-order valence-electron chi connectivity index (χ1n) is 8.14. The number of aryl methyl sites for hydroxylation is 1. The molecule has 0 aromatic heterocycles. The van der Waals surface area contributed by atoms with E-state index in [1.54, 1.807) is 13.8 Å². The van der Waals surface area contributed by atoms with Gasteiger partial charge < -0.3 is 15.2 Å². The maximum absolute atomic E-state index is 11.1. The van der Waals surface area contributed by atoms with E-state index in [1.807, 2.05) is 30.3 Å². The summed E-state index contributed by atoms with van der Waals surface area (Å²) in [6.45, 7) is 4.12. The molecule has 1 aliphatic rings. The Hall–Kier alpha value is -3.02. The Labute approximate surface area is 145 Å². The van der Waals surface area contributed by atoms with Gasteiger partial charge in [-0.1, -0.05) is 30.3 Å². The third-order valence-corrected chi connectivity index (χ3v) is 4.25. The fraction of sp³-hybridized carbons (Fsp3) is 0.263. The molecule has 25 heavy (non-hydrogen) atoms. The van der Waals surface area contributed by atoms with Crippen LogP contribution in [0.3, 0.4) is 0 Å². The standard InChI is InChI=1S/C19H20N2O4/c1-12-10-15(21(23)24)11-16-17(12)18(19(22)13(2)25-16)20-9-8-14-6-4-3-5-7-14/h3-7,10-11,13,20,22H,8-9H2,1-2H3. The molecule has 0 bridgehead atoms. The normalized spacial score (nSPS) is 16.2. The number of aliphatic hydroxyl groups excluding tert-OH is 1. The summed E-state index contributed by atoms with van der Waals surface area (Å²) < 4.78 is 5.66. The molecule has 3 rings (SSSR count). The van der Waals surface area contributed by atoms with E-state index < -0.39 is 11.0 Å². The molecule has 0 amide bonds. The summed E-state index contributed by atoms with van der Waals surface area (Å²) in [5, 5.41) is 24.8. The van der Waals surface area contributed by atoms with Crippen LogP contribution in [0.25, 0.3) is 5.70 Å². The van der Waals surface area contributed by atoms with Crippen LogP contribution in [0.1, 0.15) is 23.6 Å². The van der Waals surface area contributed by atoms with Crippen molar-refractivity contribution < 1.29 is 14.8 Å². The van der Waals surface area contributed by atoms with Crippen molar-refractivity contribution in [2.75, 3.05) is 6.54 Å². The van der Waals surface area contributed by atoms with Gasteiger partial charge in [0.2, 0.25) is 0 Å². The number of fused-ring (bicyclic) bond motifs is 1. The van der Waals surface area contributed by atoms with E-state index in [4.69, 9.17) is 4.74 Å². The summed E-state index contributed by atoms with van der Waals surface area (Å²) >= 11 is 0. The average Bonchev–Trinajstić information content (AvgIpc) is 2.59. The molecule has 0 fully saturated rings. The SMILES string of the molecule is Cc1cc([N+](=O)[O-])cc2c1C(NCCc1ccccc1)=C(O)C(C)O2. The monoisotopic (exact) mass is 340 g/mol. The number of rotatable bonds is 5. The van der Waals surface area contributed by atoms with Gasteiger partial charge in [-0.2, -0.15) is 0 Å². The number of non-ortho nitro benzene ring substituents is 1. The molecule has 6 nitrogen and oxygen atoms in total. The molecule has 1 unspecified atom stereocenters. The highest BCUT2D eigenvalue weighted by Gasteiger charge is 2.29. The topological polar surface area (TPSA) is 84.6 Å². The number of benzene rings is 2. The van der Waals surface area contributed by atoms with E-state index in [0.29, 0.717) is 29.1 Å². The molecule has 2 aromatic carbocycles. The van der Waals surface area contributed by atoms with Crippen molar-refractivity contribution in [3.05, 3.63) is 75.0 Å². The first-order valence-corrected chi connectivity index (χ1v) is 8.14. The highest BCUT2D eigenvalue weighted by molar-refractivity contribution is 5.76. The summed E-state index contributed by atoms with van der Waals surface area (Å²) in [5.41, 5.74) is 3.11. The minimum Gasteiger partial charge on any atom is -0.506 e. The van der Waals surface area contributed by atoms with Crippen molar-refractivity contribution in [2.24, 2.45) is 0 Å². The van der Waals surface area contributed by atoms with E-state index in [2.05, 4.69) is 5.32 Å². The van der Waals surface area contributed by atoms with Crippen molar-refractivity contribution in [3.63, 3.8) is 0 Å². The molecule has 0 spiro atoms. The van der Waals surface area contributed by atoms with Crippen LogP contribution in [-0.4, -0.2) is 22.7 Å². The summed E-state index contributed by atoms with van der Waals surface area (Å²) in [5.74, 6) is 0.525. The van der Waals surface area contributed by atoms with Gasteiger partial charge in [-0.15, -0.1) is 0 Å². The largest absolute Gasteiger partial charge is 0.506 e. The lowest BCUT2D eigenvalue weighted by atomic mass is 9.98. The summed E-state index contributed by atoms with van der Waals surface area (Å²) in [6.07, 6.45) is 0.238. The summed E-state index contributed by atoms with van der Waals surface area (Å²) in [7, 11) is 0. The smallest absolute Gasteiger partial charge is 0.273 e. The molecular formula is C19H20N2O4. The fourth-order valence-corrected chi connectivity index (χ4v) is 2.99. The number of ether oxygens (including phenoxy) is 1. The zero-order valence-corrected chi connectivity index (χ0v) is 14.2. The van der Waals surface area contributed by atoms with Gasteiger partial charge in [0.15, 0.2) is 11.9 Å². The number of aliphatic hydroxyl groups is 1. The van der Waals surface area contributed by atoms with Gasteiger partial charge in [0, 0.05) is 18.2 Å². The number of hydrogen-bond acceptors (Lipinski definition) is 5. The maximum atomic E-state index is 11.1. The first-order chi connectivity index (χ1) is 12.0. The van der Waals surface area contributed by atoms with E-state index in [9.17, 15) is 15.2 Å². The molecule has 0 aliphatic carbocycles. The lowest BCUT2D eigenvalue weighted by Crippen LogP contribution is -2.28. The van der Waals surface area contributed by atoms with Crippen LogP contribution in [-0.2, 0) is 6.42 Å². The third kappa shape index (κ3) is 3.42. The molecule has 0 radical (unpaired) electrons. The highest BCUT2D eigenvalue weighted by Crippen LogP contribution is 2.38. The Bertz CT molecular complexity index is 831. The predicted molar refractivity (Wildman–Crippen MR) is 95.6 cm³/mol. The number of nitrogens with one attached hydrogen (secondary N) is 1. The number of nitro benzene ring substituents is 1. The van der Waals surface area contributed by atoms with Gasteiger partial charge in [0.05, 0.1) is 16.7 Å². The van der Waals surface area contributed by atoms with E-state index >= 15 is 0 Å².